The summed E-state index contributed by atoms with van der Waals surface area (Å²) in [6.07, 6.45) is 8.85. The van der Waals surface area contributed by atoms with Crippen molar-refractivity contribution in [2.24, 2.45) is 0 Å². The summed E-state index contributed by atoms with van der Waals surface area (Å²) in [6, 6.07) is 4.03. The maximum absolute atomic E-state index is 11.7. The summed E-state index contributed by atoms with van der Waals surface area (Å²) < 4.78 is 1.80. The fourth-order valence-electron chi connectivity index (χ4n) is 1.90. The van der Waals surface area contributed by atoms with Crippen molar-refractivity contribution in [2.45, 2.75) is 32.7 Å². The number of nitrogens with one attached hydrogen (secondary N) is 2. The number of aromatic nitrogens is 3. The molecular weight excluding hydrogens is 266 g/mol. The van der Waals surface area contributed by atoms with Gasteiger partial charge < -0.3 is 10.6 Å². The lowest BCUT2D eigenvalue weighted by Crippen LogP contribution is -2.29. The van der Waals surface area contributed by atoms with Crippen LogP contribution in [0.25, 0.3) is 0 Å². The zero-order chi connectivity index (χ0) is 15.1. The number of nitrogens with zero attached hydrogens (tertiary/aromatic N) is 3. The third-order valence-corrected chi connectivity index (χ3v) is 3.04. The van der Waals surface area contributed by atoms with Crippen LogP contribution in [0.4, 0.5) is 10.5 Å². The van der Waals surface area contributed by atoms with Gasteiger partial charge in [0.25, 0.3) is 0 Å². The number of urea groups is 1. The molecule has 21 heavy (non-hydrogen) atoms. The number of carbonyl (C=O) groups is 1. The summed E-state index contributed by atoms with van der Waals surface area (Å²) in [6.45, 7) is 4.70. The molecule has 0 unspecified atom stereocenters. The standard InChI is InChI=1S/C15H21N5O/c1-12(2)20-11-14(10-18-20)19-15(21)17-8-4-6-13-5-3-7-16-9-13/h3,5,7,9-12H,4,6,8H2,1-2H3,(H2,17,19,21). The Kier molecular flexibility index (Phi) is 5.31. The van der Waals surface area contributed by atoms with Crippen LogP contribution in [0.5, 0.6) is 0 Å². The summed E-state index contributed by atoms with van der Waals surface area (Å²) in [4.78, 5) is 15.8. The average Bonchev–Trinajstić information content (AvgIpc) is 2.93. The van der Waals surface area contributed by atoms with Crippen LogP contribution in [-0.2, 0) is 6.42 Å². The summed E-state index contributed by atoms with van der Waals surface area (Å²) in [5.74, 6) is 0. The highest BCUT2D eigenvalue weighted by Crippen LogP contribution is 2.09. The number of pyridine rings is 1. The van der Waals surface area contributed by atoms with E-state index < -0.39 is 0 Å². The molecule has 2 aromatic rings. The van der Waals surface area contributed by atoms with E-state index in [1.807, 2.05) is 38.4 Å². The van der Waals surface area contributed by atoms with Crippen molar-refractivity contribution in [3.8, 4) is 0 Å². The average molecular weight is 287 g/mol. The highest BCUT2D eigenvalue weighted by atomic mass is 16.2. The van der Waals surface area contributed by atoms with Gasteiger partial charge in [0.15, 0.2) is 0 Å². The largest absolute Gasteiger partial charge is 0.338 e. The molecule has 0 aromatic carbocycles. The monoisotopic (exact) mass is 287 g/mol. The number of anilines is 1. The molecule has 112 valence electrons. The first kappa shape index (κ1) is 15.0. The second-order valence-corrected chi connectivity index (χ2v) is 5.15. The quantitative estimate of drug-likeness (QED) is 0.802. The van der Waals surface area contributed by atoms with Crippen LogP contribution in [0.15, 0.2) is 36.9 Å². The fourth-order valence-corrected chi connectivity index (χ4v) is 1.90. The first-order valence-corrected chi connectivity index (χ1v) is 7.13. The minimum atomic E-state index is -0.204. The Morgan fingerprint density at radius 3 is 2.90 bits per heavy atom. The summed E-state index contributed by atoms with van der Waals surface area (Å²) in [7, 11) is 0. The van der Waals surface area contributed by atoms with Gasteiger partial charge in [-0.3, -0.25) is 9.67 Å². The number of aryl methyl sites for hydroxylation is 1. The number of rotatable bonds is 6. The maximum Gasteiger partial charge on any atom is 0.319 e. The second kappa shape index (κ2) is 7.42. The van der Waals surface area contributed by atoms with Crippen molar-refractivity contribution in [3.63, 3.8) is 0 Å². The minimum absolute atomic E-state index is 0.204. The van der Waals surface area contributed by atoms with Crippen LogP contribution in [0.3, 0.4) is 0 Å². The van der Waals surface area contributed by atoms with Crippen molar-refractivity contribution in [1.82, 2.24) is 20.1 Å². The van der Waals surface area contributed by atoms with Gasteiger partial charge in [0, 0.05) is 31.2 Å². The van der Waals surface area contributed by atoms with E-state index in [-0.39, 0.29) is 12.1 Å². The molecule has 0 fully saturated rings. The van der Waals surface area contributed by atoms with Crippen LogP contribution in [-0.4, -0.2) is 27.3 Å². The zero-order valence-electron chi connectivity index (χ0n) is 12.4. The Balaban J connectivity index is 1.67. The van der Waals surface area contributed by atoms with Crippen LogP contribution >= 0.6 is 0 Å². The van der Waals surface area contributed by atoms with Crippen molar-refractivity contribution in [3.05, 3.63) is 42.5 Å². The third kappa shape index (κ3) is 4.91. The van der Waals surface area contributed by atoms with E-state index in [4.69, 9.17) is 0 Å². The van der Waals surface area contributed by atoms with Crippen LogP contribution < -0.4 is 10.6 Å². The first-order chi connectivity index (χ1) is 10.1. The minimum Gasteiger partial charge on any atom is -0.338 e. The van der Waals surface area contributed by atoms with Crippen molar-refractivity contribution < 1.29 is 4.79 Å². The SMILES string of the molecule is CC(C)n1cc(NC(=O)NCCCc2cccnc2)cn1. The van der Waals surface area contributed by atoms with E-state index in [0.29, 0.717) is 12.2 Å². The molecule has 2 aromatic heterocycles. The van der Waals surface area contributed by atoms with Crippen molar-refractivity contribution in [1.29, 1.82) is 0 Å². The lowest BCUT2D eigenvalue weighted by molar-refractivity contribution is 0.252. The predicted molar refractivity (Wildman–Crippen MR) is 82.2 cm³/mol. The van der Waals surface area contributed by atoms with E-state index in [1.165, 1.54) is 5.56 Å². The van der Waals surface area contributed by atoms with Gasteiger partial charge in [-0.2, -0.15) is 5.10 Å². The molecular formula is C15H21N5O. The van der Waals surface area contributed by atoms with Gasteiger partial charge >= 0.3 is 6.03 Å². The molecule has 0 radical (unpaired) electrons. The first-order valence-electron chi connectivity index (χ1n) is 7.13. The Morgan fingerprint density at radius 1 is 1.38 bits per heavy atom. The number of carbonyl (C=O) groups excluding carboxylic acids is 1. The summed E-state index contributed by atoms with van der Waals surface area (Å²) in [5, 5.41) is 9.77. The Hall–Kier alpha value is -2.37. The molecule has 0 saturated heterocycles. The van der Waals surface area contributed by atoms with E-state index in [0.717, 1.165) is 12.8 Å². The third-order valence-electron chi connectivity index (χ3n) is 3.04. The molecule has 2 heterocycles. The molecule has 2 amide bonds. The Labute approximate surface area is 124 Å². The lowest BCUT2D eigenvalue weighted by Gasteiger charge is -2.06. The Morgan fingerprint density at radius 2 is 2.24 bits per heavy atom. The topological polar surface area (TPSA) is 71.8 Å². The molecule has 2 N–H and O–H groups in total. The van der Waals surface area contributed by atoms with E-state index >= 15 is 0 Å². The molecule has 0 atom stereocenters. The molecule has 6 heteroatoms. The van der Waals surface area contributed by atoms with Gasteiger partial charge in [0.05, 0.1) is 11.9 Å². The van der Waals surface area contributed by atoms with Crippen LogP contribution in [0.1, 0.15) is 31.9 Å². The van der Waals surface area contributed by atoms with E-state index in [1.54, 1.807) is 17.1 Å². The van der Waals surface area contributed by atoms with Crippen molar-refractivity contribution >= 4 is 11.7 Å². The van der Waals surface area contributed by atoms with Gasteiger partial charge in [0.1, 0.15) is 0 Å². The molecule has 0 aliphatic rings. The van der Waals surface area contributed by atoms with Crippen LogP contribution in [0, 0.1) is 0 Å². The van der Waals surface area contributed by atoms with Gasteiger partial charge in [-0.15, -0.1) is 0 Å². The van der Waals surface area contributed by atoms with E-state index in [2.05, 4.69) is 20.7 Å². The number of amides is 2. The molecule has 6 nitrogen and oxygen atoms in total. The second-order valence-electron chi connectivity index (χ2n) is 5.15. The molecule has 0 aliphatic carbocycles. The van der Waals surface area contributed by atoms with Gasteiger partial charge in [0.2, 0.25) is 0 Å². The molecule has 0 spiro atoms. The summed E-state index contributed by atoms with van der Waals surface area (Å²) >= 11 is 0. The van der Waals surface area contributed by atoms with Gasteiger partial charge in [-0.25, -0.2) is 4.79 Å². The molecule has 0 bridgehead atoms. The summed E-state index contributed by atoms with van der Waals surface area (Å²) in [5.41, 5.74) is 1.88. The predicted octanol–water partition coefficient (Wildman–Crippen LogP) is 2.61. The highest BCUT2D eigenvalue weighted by molar-refractivity contribution is 5.88. The van der Waals surface area contributed by atoms with Crippen molar-refractivity contribution in [2.75, 3.05) is 11.9 Å². The molecule has 2 rings (SSSR count). The van der Waals surface area contributed by atoms with Gasteiger partial charge in [-0.05, 0) is 38.3 Å². The van der Waals surface area contributed by atoms with Gasteiger partial charge in [-0.1, -0.05) is 6.07 Å². The molecule has 0 aliphatic heterocycles. The fraction of sp³-hybridized carbons (Fsp3) is 0.400. The zero-order valence-corrected chi connectivity index (χ0v) is 12.4. The number of hydrogen-bond acceptors (Lipinski definition) is 3. The highest BCUT2D eigenvalue weighted by Gasteiger charge is 2.05. The smallest absolute Gasteiger partial charge is 0.319 e. The lowest BCUT2D eigenvalue weighted by atomic mass is 10.1. The maximum atomic E-state index is 11.7. The Bertz CT molecular complexity index is 564. The molecule has 0 saturated carbocycles. The van der Waals surface area contributed by atoms with E-state index in [9.17, 15) is 4.79 Å². The van der Waals surface area contributed by atoms with Crippen LogP contribution in [0.2, 0.25) is 0 Å². The number of hydrogen-bond donors (Lipinski definition) is 2. The normalized spacial score (nSPS) is 10.6.